The molecule has 0 saturated heterocycles. The molecule has 3 saturated carbocycles. The van der Waals surface area contributed by atoms with Crippen molar-refractivity contribution < 1.29 is 4.79 Å². The van der Waals surface area contributed by atoms with E-state index in [4.69, 9.17) is 0 Å². The zero-order valence-corrected chi connectivity index (χ0v) is 11.0. The van der Waals surface area contributed by atoms with Crippen molar-refractivity contribution in [1.82, 2.24) is 0 Å². The quantitative estimate of drug-likeness (QED) is 0.521. The number of rotatable bonds is 3. The standard InChI is InChI=1S/C15H24O/c1-5-11(9-16)6-12-7-13-8-14(10(12)2)15(13,3)4/h6,9-10,12-14H,5,7-8H2,1-4H3/t10-,12-,13+,14+/m1/s1. The Balaban J connectivity index is 2.11. The smallest absolute Gasteiger partial charge is 0.145 e. The molecule has 3 aliphatic rings. The van der Waals surface area contributed by atoms with Crippen molar-refractivity contribution in [1.29, 1.82) is 0 Å². The Bertz CT molecular complexity index is 313. The predicted octanol–water partition coefficient (Wildman–Crippen LogP) is 3.84. The number of carbonyl (C=O) groups is 1. The summed E-state index contributed by atoms with van der Waals surface area (Å²) >= 11 is 0. The SMILES string of the molecule is CCC(C=O)=C[C@@H]1C[C@H]2C[C@@H]([C@@H]1C)C2(C)C. The summed E-state index contributed by atoms with van der Waals surface area (Å²) in [6.45, 7) is 9.28. The van der Waals surface area contributed by atoms with E-state index in [1.807, 2.05) is 0 Å². The summed E-state index contributed by atoms with van der Waals surface area (Å²) in [6, 6.07) is 0. The van der Waals surface area contributed by atoms with Crippen LogP contribution in [0.3, 0.4) is 0 Å². The lowest BCUT2D eigenvalue weighted by atomic mass is 9.43. The van der Waals surface area contributed by atoms with Gasteiger partial charge in [-0.05, 0) is 53.9 Å². The number of aldehydes is 1. The summed E-state index contributed by atoms with van der Waals surface area (Å²) in [7, 11) is 0. The highest BCUT2D eigenvalue weighted by Gasteiger charge is 2.55. The van der Waals surface area contributed by atoms with Crippen LogP contribution in [0.4, 0.5) is 0 Å². The molecule has 0 unspecified atom stereocenters. The first-order chi connectivity index (χ1) is 7.50. The highest BCUT2D eigenvalue weighted by Crippen LogP contribution is 2.63. The van der Waals surface area contributed by atoms with Gasteiger partial charge in [0, 0.05) is 0 Å². The molecule has 0 N–H and O–H groups in total. The largest absolute Gasteiger partial charge is 0.298 e. The molecule has 16 heavy (non-hydrogen) atoms. The molecule has 2 bridgehead atoms. The third kappa shape index (κ3) is 1.65. The lowest BCUT2D eigenvalue weighted by molar-refractivity contribution is -0.118. The Morgan fingerprint density at radius 1 is 1.38 bits per heavy atom. The van der Waals surface area contributed by atoms with E-state index in [2.05, 4.69) is 33.8 Å². The molecule has 0 spiro atoms. The maximum Gasteiger partial charge on any atom is 0.145 e. The summed E-state index contributed by atoms with van der Waals surface area (Å²) in [5, 5.41) is 0. The van der Waals surface area contributed by atoms with Gasteiger partial charge in [0.2, 0.25) is 0 Å². The van der Waals surface area contributed by atoms with Crippen molar-refractivity contribution in [3.05, 3.63) is 11.6 Å². The van der Waals surface area contributed by atoms with Gasteiger partial charge in [0.1, 0.15) is 6.29 Å². The third-order valence-electron chi connectivity index (χ3n) is 5.40. The van der Waals surface area contributed by atoms with Crippen LogP contribution in [0.25, 0.3) is 0 Å². The van der Waals surface area contributed by atoms with Crippen molar-refractivity contribution in [2.24, 2.45) is 29.1 Å². The first-order valence-electron chi connectivity index (χ1n) is 6.66. The number of allylic oxidation sites excluding steroid dienone is 2. The fourth-order valence-corrected chi connectivity index (χ4v) is 3.93. The van der Waals surface area contributed by atoms with Crippen molar-refractivity contribution in [2.45, 2.75) is 47.0 Å². The van der Waals surface area contributed by atoms with Gasteiger partial charge in [0.15, 0.2) is 0 Å². The maximum absolute atomic E-state index is 10.9. The van der Waals surface area contributed by atoms with Crippen molar-refractivity contribution in [2.75, 3.05) is 0 Å². The van der Waals surface area contributed by atoms with Gasteiger partial charge in [-0.15, -0.1) is 0 Å². The fourth-order valence-electron chi connectivity index (χ4n) is 3.93. The van der Waals surface area contributed by atoms with Crippen molar-refractivity contribution in [3.8, 4) is 0 Å². The summed E-state index contributed by atoms with van der Waals surface area (Å²) in [6.07, 6.45) is 6.89. The van der Waals surface area contributed by atoms with Gasteiger partial charge < -0.3 is 0 Å². The van der Waals surface area contributed by atoms with Crippen LogP contribution in [-0.2, 0) is 4.79 Å². The van der Waals surface area contributed by atoms with Gasteiger partial charge in [-0.1, -0.05) is 33.8 Å². The second kappa shape index (κ2) is 4.01. The number of fused-ring (bicyclic) bond motifs is 2. The van der Waals surface area contributed by atoms with E-state index in [1.54, 1.807) is 0 Å². The van der Waals surface area contributed by atoms with Gasteiger partial charge in [0.25, 0.3) is 0 Å². The molecule has 1 heteroatoms. The second-order valence-electron chi connectivity index (χ2n) is 6.33. The highest BCUT2D eigenvalue weighted by atomic mass is 16.1. The van der Waals surface area contributed by atoms with Gasteiger partial charge in [-0.2, -0.15) is 0 Å². The zero-order valence-electron chi connectivity index (χ0n) is 11.0. The van der Waals surface area contributed by atoms with Crippen molar-refractivity contribution >= 4 is 6.29 Å². The van der Waals surface area contributed by atoms with E-state index in [1.165, 1.54) is 12.8 Å². The monoisotopic (exact) mass is 220 g/mol. The van der Waals surface area contributed by atoms with E-state index in [0.29, 0.717) is 11.3 Å². The Hall–Kier alpha value is -0.590. The zero-order chi connectivity index (χ0) is 11.9. The average Bonchev–Trinajstić information content (AvgIpc) is 2.26. The highest BCUT2D eigenvalue weighted by molar-refractivity contribution is 5.72. The molecule has 0 heterocycles. The lowest BCUT2D eigenvalue weighted by Gasteiger charge is -2.62. The van der Waals surface area contributed by atoms with Crippen LogP contribution in [0.5, 0.6) is 0 Å². The minimum Gasteiger partial charge on any atom is -0.298 e. The Labute approximate surface area is 99.3 Å². The molecule has 0 aromatic carbocycles. The van der Waals surface area contributed by atoms with Crippen LogP contribution in [0, 0.1) is 29.1 Å². The molecule has 3 aliphatic carbocycles. The molecule has 0 amide bonds. The van der Waals surface area contributed by atoms with Crippen LogP contribution in [0.1, 0.15) is 47.0 Å². The van der Waals surface area contributed by atoms with Gasteiger partial charge >= 0.3 is 0 Å². The van der Waals surface area contributed by atoms with E-state index >= 15 is 0 Å². The number of hydrogen-bond acceptors (Lipinski definition) is 1. The lowest BCUT2D eigenvalue weighted by Crippen LogP contribution is -2.54. The second-order valence-corrected chi connectivity index (χ2v) is 6.33. The minimum absolute atomic E-state index is 0.553. The van der Waals surface area contributed by atoms with Crippen LogP contribution >= 0.6 is 0 Å². The Morgan fingerprint density at radius 2 is 2.06 bits per heavy atom. The molecule has 90 valence electrons. The molecular formula is C15H24O. The third-order valence-corrected chi connectivity index (χ3v) is 5.40. The van der Waals surface area contributed by atoms with E-state index < -0.39 is 0 Å². The van der Waals surface area contributed by atoms with Crippen LogP contribution < -0.4 is 0 Å². The molecule has 0 aliphatic heterocycles. The molecule has 3 rings (SSSR count). The summed E-state index contributed by atoms with van der Waals surface area (Å²) in [5.74, 6) is 3.16. The molecule has 3 fully saturated rings. The minimum atomic E-state index is 0.553. The van der Waals surface area contributed by atoms with Crippen LogP contribution in [0.15, 0.2) is 11.6 Å². The summed E-state index contributed by atoms with van der Waals surface area (Å²) in [5.41, 5.74) is 1.55. The molecule has 4 atom stereocenters. The predicted molar refractivity (Wildman–Crippen MR) is 67.1 cm³/mol. The fraction of sp³-hybridized carbons (Fsp3) is 0.800. The van der Waals surface area contributed by atoms with E-state index in [9.17, 15) is 4.79 Å². The average molecular weight is 220 g/mol. The van der Waals surface area contributed by atoms with E-state index in [0.717, 1.165) is 36.0 Å². The van der Waals surface area contributed by atoms with E-state index in [-0.39, 0.29) is 0 Å². The van der Waals surface area contributed by atoms with Crippen molar-refractivity contribution in [3.63, 3.8) is 0 Å². The molecule has 1 nitrogen and oxygen atoms in total. The number of hydrogen-bond donors (Lipinski definition) is 0. The molecule has 0 aromatic heterocycles. The first-order valence-corrected chi connectivity index (χ1v) is 6.66. The summed E-state index contributed by atoms with van der Waals surface area (Å²) in [4.78, 5) is 10.9. The first kappa shape index (κ1) is 11.9. The van der Waals surface area contributed by atoms with Gasteiger partial charge in [0.05, 0.1) is 0 Å². The van der Waals surface area contributed by atoms with Gasteiger partial charge in [-0.3, -0.25) is 4.79 Å². The maximum atomic E-state index is 10.9. The normalized spacial score (nSPS) is 41.4. The number of carbonyl (C=O) groups excluding carboxylic acids is 1. The molecule has 0 aromatic rings. The Kier molecular flexibility index (Phi) is 2.98. The van der Waals surface area contributed by atoms with Crippen LogP contribution in [-0.4, -0.2) is 6.29 Å². The molecule has 0 radical (unpaired) electrons. The van der Waals surface area contributed by atoms with Gasteiger partial charge in [-0.25, -0.2) is 0 Å². The summed E-state index contributed by atoms with van der Waals surface area (Å²) < 4.78 is 0. The molecular weight excluding hydrogens is 196 g/mol. The van der Waals surface area contributed by atoms with Crippen LogP contribution in [0.2, 0.25) is 0 Å². The topological polar surface area (TPSA) is 17.1 Å². The Morgan fingerprint density at radius 3 is 2.50 bits per heavy atom.